The van der Waals surface area contributed by atoms with Crippen molar-refractivity contribution < 1.29 is 19.1 Å². The lowest BCUT2D eigenvalue weighted by atomic mass is 9.95. The van der Waals surface area contributed by atoms with Crippen LogP contribution in [0.3, 0.4) is 0 Å². The molecule has 0 atom stereocenters. The van der Waals surface area contributed by atoms with E-state index in [1.807, 2.05) is 11.8 Å². The normalized spacial score (nSPS) is 15.1. The van der Waals surface area contributed by atoms with Crippen LogP contribution in [-0.2, 0) is 14.3 Å². The molecule has 0 aromatic heterocycles. The molecule has 2 amide bonds. The number of anilines is 1. The molecule has 1 aliphatic rings. The molecule has 0 aliphatic carbocycles. The molecule has 124 valence electrons. The van der Waals surface area contributed by atoms with Crippen LogP contribution in [0.2, 0.25) is 0 Å². The van der Waals surface area contributed by atoms with Crippen LogP contribution in [0.4, 0.5) is 5.69 Å². The highest BCUT2D eigenvalue weighted by atomic mass is 16.5. The van der Waals surface area contributed by atoms with Gasteiger partial charge in [-0.05, 0) is 37.1 Å². The average Bonchev–Trinajstić information content (AvgIpc) is 2.61. The van der Waals surface area contributed by atoms with Gasteiger partial charge in [0, 0.05) is 31.1 Å². The zero-order chi connectivity index (χ0) is 16.8. The van der Waals surface area contributed by atoms with Crippen molar-refractivity contribution in [1.82, 2.24) is 4.90 Å². The number of nitrogens with zero attached hydrogens (tertiary/aromatic N) is 1. The van der Waals surface area contributed by atoms with Crippen molar-refractivity contribution in [2.45, 2.75) is 26.2 Å². The summed E-state index contributed by atoms with van der Waals surface area (Å²) in [7, 11) is 1.33. The lowest BCUT2D eigenvalue weighted by Gasteiger charge is -2.31. The number of ether oxygens (including phenoxy) is 1. The molecule has 1 saturated heterocycles. The molecule has 0 saturated carbocycles. The van der Waals surface area contributed by atoms with Gasteiger partial charge in [-0.3, -0.25) is 9.59 Å². The molecule has 0 radical (unpaired) electrons. The fourth-order valence-electron chi connectivity index (χ4n) is 2.67. The minimum atomic E-state index is -0.407. The minimum Gasteiger partial charge on any atom is -0.465 e. The Hall–Kier alpha value is -2.37. The zero-order valence-corrected chi connectivity index (χ0v) is 13.5. The van der Waals surface area contributed by atoms with Gasteiger partial charge in [-0.25, -0.2) is 4.79 Å². The fourth-order valence-corrected chi connectivity index (χ4v) is 2.67. The van der Waals surface area contributed by atoms with E-state index in [0.29, 0.717) is 43.6 Å². The molecule has 0 spiro atoms. The first kappa shape index (κ1) is 17.0. The third-order valence-electron chi connectivity index (χ3n) is 4.09. The van der Waals surface area contributed by atoms with Crippen molar-refractivity contribution in [2.24, 2.45) is 5.92 Å². The topological polar surface area (TPSA) is 75.7 Å². The van der Waals surface area contributed by atoms with Gasteiger partial charge < -0.3 is 15.0 Å². The third kappa shape index (κ3) is 4.31. The molecule has 0 unspecified atom stereocenters. The molecule has 0 bridgehead atoms. The second-order valence-corrected chi connectivity index (χ2v) is 5.57. The van der Waals surface area contributed by atoms with Crippen molar-refractivity contribution in [1.29, 1.82) is 0 Å². The van der Waals surface area contributed by atoms with Gasteiger partial charge in [-0.15, -0.1) is 0 Å². The summed E-state index contributed by atoms with van der Waals surface area (Å²) in [4.78, 5) is 37.1. The summed E-state index contributed by atoms with van der Waals surface area (Å²) in [6, 6.07) is 6.59. The van der Waals surface area contributed by atoms with E-state index in [1.54, 1.807) is 24.3 Å². The summed E-state index contributed by atoms with van der Waals surface area (Å²) >= 11 is 0. The monoisotopic (exact) mass is 318 g/mol. The fraction of sp³-hybridized carbons (Fsp3) is 0.471. The van der Waals surface area contributed by atoms with Gasteiger partial charge in [0.2, 0.25) is 11.8 Å². The van der Waals surface area contributed by atoms with E-state index < -0.39 is 5.97 Å². The van der Waals surface area contributed by atoms with E-state index in [0.717, 1.165) is 0 Å². The molecular weight excluding hydrogens is 296 g/mol. The van der Waals surface area contributed by atoms with Gasteiger partial charge in [-0.2, -0.15) is 0 Å². The molecule has 6 nitrogen and oxygen atoms in total. The van der Waals surface area contributed by atoms with Crippen molar-refractivity contribution in [3.8, 4) is 0 Å². The first-order valence-corrected chi connectivity index (χ1v) is 7.82. The number of rotatable bonds is 4. The SMILES string of the molecule is CCC(=O)N1CCC(C(=O)Nc2ccc(C(=O)OC)cc2)CC1. The van der Waals surface area contributed by atoms with Gasteiger partial charge in [0.15, 0.2) is 0 Å². The lowest BCUT2D eigenvalue weighted by molar-refractivity contribution is -0.134. The molecular formula is C17H22N2O4. The standard InChI is InChI=1S/C17H22N2O4/c1-3-15(20)19-10-8-12(9-11-19)16(21)18-14-6-4-13(5-7-14)17(22)23-2/h4-7,12H,3,8-11H2,1-2H3,(H,18,21). The number of hydrogen-bond donors (Lipinski definition) is 1. The van der Waals surface area contributed by atoms with Gasteiger partial charge >= 0.3 is 5.97 Å². The van der Waals surface area contributed by atoms with Crippen LogP contribution < -0.4 is 5.32 Å². The number of nitrogens with one attached hydrogen (secondary N) is 1. The summed E-state index contributed by atoms with van der Waals surface area (Å²) in [5.41, 5.74) is 1.09. The van der Waals surface area contributed by atoms with Crippen molar-refractivity contribution >= 4 is 23.5 Å². The Labute approximate surface area is 135 Å². The summed E-state index contributed by atoms with van der Waals surface area (Å²) in [6.45, 7) is 3.11. The number of piperidine rings is 1. The predicted molar refractivity (Wildman–Crippen MR) is 86.0 cm³/mol. The number of hydrogen-bond acceptors (Lipinski definition) is 4. The number of amides is 2. The van der Waals surface area contributed by atoms with Crippen LogP contribution in [0.25, 0.3) is 0 Å². The van der Waals surface area contributed by atoms with Gasteiger partial charge in [-0.1, -0.05) is 6.92 Å². The molecule has 1 aromatic carbocycles. The Balaban J connectivity index is 1.88. The Kier molecular flexibility index (Phi) is 5.73. The van der Waals surface area contributed by atoms with Gasteiger partial charge in [0.25, 0.3) is 0 Å². The lowest BCUT2D eigenvalue weighted by Crippen LogP contribution is -2.41. The van der Waals surface area contributed by atoms with E-state index in [1.165, 1.54) is 7.11 Å². The molecule has 1 fully saturated rings. The molecule has 1 heterocycles. The third-order valence-corrected chi connectivity index (χ3v) is 4.09. The first-order chi connectivity index (χ1) is 11.0. The maximum atomic E-state index is 12.3. The Bertz CT molecular complexity index is 575. The maximum absolute atomic E-state index is 12.3. The number of methoxy groups -OCH3 is 1. The number of likely N-dealkylation sites (tertiary alicyclic amines) is 1. The molecule has 23 heavy (non-hydrogen) atoms. The van der Waals surface area contributed by atoms with Crippen LogP contribution in [0.5, 0.6) is 0 Å². The van der Waals surface area contributed by atoms with Crippen molar-refractivity contribution in [3.05, 3.63) is 29.8 Å². The minimum absolute atomic E-state index is 0.0422. The Morgan fingerprint density at radius 1 is 1.17 bits per heavy atom. The van der Waals surface area contributed by atoms with E-state index in [9.17, 15) is 14.4 Å². The molecule has 2 rings (SSSR count). The van der Waals surface area contributed by atoms with E-state index in [-0.39, 0.29) is 17.7 Å². The largest absolute Gasteiger partial charge is 0.465 e. The van der Waals surface area contributed by atoms with Gasteiger partial charge in [0.05, 0.1) is 12.7 Å². The average molecular weight is 318 g/mol. The summed E-state index contributed by atoms with van der Waals surface area (Å²) in [6.07, 6.45) is 1.86. The van der Waals surface area contributed by atoms with Crippen LogP contribution in [0, 0.1) is 5.92 Å². The molecule has 1 N–H and O–H groups in total. The van der Waals surface area contributed by atoms with E-state index in [2.05, 4.69) is 10.1 Å². The van der Waals surface area contributed by atoms with E-state index >= 15 is 0 Å². The zero-order valence-electron chi connectivity index (χ0n) is 13.5. The first-order valence-electron chi connectivity index (χ1n) is 7.82. The van der Waals surface area contributed by atoms with E-state index in [4.69, 9.17) is 0 Å². The molecule has 1 aromatic rings. The van der Waals surface area contributed by atoms with Gasteiger partial charge in [0.1, 0.15) is 0 Å². The maximum Gasteiger partial charge on any atom is 0.337 e. The number of carbonyl (C=O) groups excluding carboxylic acids is 3. The number of benzene rings is 1. The van der Waals surface area contributed by atoms with Crippen LogP contribution in [0.1, 0.15) is 36.5 Å². The Morgan fingerprint density at radius 3 is 2.30 bits per heavy atom. The number of carbonyl (C=O) groups is 3. The van der Waals surface area contributed by atoms with Crippen molar-refractivity contribution in [3.63, 3.8) is 0 Å². The quantitative estimate of drug-likeness (QED) is 0.862. The highest BCUT2D eigenvalue weighted by molar-refractivity contribution is 5.94. The molecule has 1 aliphatic heterocycles. The summed E-state index contributed by atoms with van der Waals surface area (Å²) in [5.74, 6) is -0.395. The number of esters is 1. The summed E-state index contributed by atoms with van der Waals surface area (Å²) < 4.78 is 4.63. The highest BCUT2D eigenvalue weighted by Gasteiger charge is 2.26. The van der Waals surface area contributed by atoms with Crippen molar-refractivity contribution in [2.75, 3.05) is 25.5 Å². The highest BCUT2D eigenvalue weighted by Crippen LogP contribution is 2.20. The second-order valence-electron chi connectivity index (χ2n) is 5.57. The summed E-state index contributed by atoms with van der Waals surface area (Å²) in [5, 5.41) is 2.86. The van der Waals surface area contributed by atoms with Crippen LogP contribution >= 0.6 is 0 Å². The Morgan fingerprint density at radius 2 is 1.78 bits per heavy atom. The van der Waals surface area contributed by atoms with Crippen LogP contribution in [0.15, 0.2) is 24.3 Å². The molecule has 6 heteroatoms. The second kappa shape index (κ2) is 7.76. The van der Waals surface area contributed by atoms with Crippen LogP contribution in [-0.4, -0.2) is 42.9 Å². The smallest absolute Gasteiger partial charge is 0.337 e. The predicted octanol–water partition coefficient (Wildman–Crippen LogP) is 2.06.